The molecule has 0 amide bonds. The van der Waals surface area contributed by atoms with E-state index in [2.05, 4.69) is 49.1 Å². The topological polar surface area (TPSA) is 30.5 Å². The van der Waals surface area contributed by atoms with E-state index < -0.39 is 0 Å². The van der Waals surface area contributed by atoms with Gasteiger partial charge in [0.25, 0.3) is 0 Å². The van der Waals surface area contributed by atoms with Crippen LogP contribution in [0.25, 0.3) is 0 Å². The molecule has 0 aliphatic carbocycles. The molecule has 1 rings (SSSR count). The zero-order valence-electron chi connectivity index (χ0n) is 23.0. The van der Waals surface area contributed by atoms with Gasteiger partial charge in [-0.15, -0.1) is 0 Å². The van der Waals surface area contributed by atoms with Crippen LogP contribution >= 0.6 is 12.6 Å². The largest absolute Gasteiger partial charge is 0.380 e. The van der Waals surface area contributed by atoms with Crippen molar-refractivity contribution < 1.29 is 9.47 Å². The van der Waals surface area contributed by atoms with Crippen LogP contribution < -0.4 is 5.32 Å². The van der Waals surface area contributed by atoms with Gasteiger partial charge >= 0.3 is 0 Å². The van der Waals surface area contributed by atoms with Gasteiger partial charge in [0.2, 0.25) is 0 Å². The predicted molar refractivity (Wildman–Crippen MR) is 157 cm³/mol. The second-order valence-corrected chi connectivity index (χ2v) is 10.6. The molecule has 0 spiro atoms. The molecule has 0 aliphatic heterocycles. The van der Waals surface area contributed by atoms with Crippen molar-refractivity contribution in [2.45, 2.75) is 129 Å². The highest BCUT2D eigenvalue weighted by atomic mass is 32.1. The van der Waals surface area contributed by atoms with Crippen LogP contribution in [0.2, 0.25) is 0 Å². The van der Waals surface area contributed by atoms with Crippen molar-refractivity contribution in [2.24, 2.45) is 0 Å². The molecule has 3 nitrogen and oxygen atoms in total. The summed E-state index contributed by atoms with van der Waals surface area (Å²) in [5, 5.41) is 3.56. The molecule has 0 aromatic heterocycles. The molecule has 1 atom stereocenters. The van der Waals surface area contributed by atoms with Crippen molar-refractivity contribution in [1.82, 2.24) is 5.32 Å². The van der Waals surface area contributed by atoms with Gasteiger partial charge in [0.05, 0.1) is 25.9 Å². The molecule has 1 unspecified atom stereocenters. The third-order valence-corrected chi connectivity index (χ3v) is 6.98. The van der Waals surface area contributed by atoms with Crippen molar-refractivity contribution >= 4 is 12.6 Å². The zero-order chi connectivity index (χ0) is 25.1. The Balaban J connectivity index is 1.90. The van der Waals surface area contributed by atoms with E-state index in [1.165, 1.54) is 108 Å². The van der Waals surface area contributed by atoms with Crippen molar-refractivity contribution in [1.29, 1.82) is 0 Å². The van der Waals surface area contributed by atoms with Gasteiger partial charge < -0.3 is 14.8 Å². The molecule has 1 aromatic carbocycles. The minimum Gasteiger partial charge on any atom is -0.380 e. The Morgan fingerprint density at radius 3 is 1.71 bits per heavy atom. The summed E-state index contributed by atoms with van der Waals surface area (Å²) < 4.78 is 11.9. The molecular formula is C31H57NO2S. The summed E-state index contributed by atoms with van der Waals surface area (Å²) in [5.41, 5.74) is 1.22. The van der Waals surface area contributed by atoms with Crippen LogP contribution in [0, 0.1) is 0 Å². The Labute approximate surface area is 223 Å². The van der Waals surface area contributed by atoms with Crippen molar-refractivity contribution in [3.05, 3.63) is 35.9 Å². The number of rotatable bonds is 27. The number of benzene rings is 1. The lowest BCUT2D eigenvalue weighted by Crippen LogP contribution is -2.38. The van der Waals surface area contributed by atoms with Gasteiger partial charge in [0.15, 0.2) is 0 Å². The molecule has 204 valence electrons. The molecule has 0 aliphatic rings. The van der Waals surface area contributed by atoms with E-state index in [1.54, 1.807) is 0 Å². The molecule has 1 N–H and O–H groups in total. The standard InChI is InChI=1S/C31H57NO2S/c1-2-3-4-5-6-7-8-9-10-11-12-13-14-15-16-20-25-33-28-31(32-24-21-26-35)29-34-27-30-22-18-17-19-23-30/h17-19,22-23,31-32,35H,2-16,20-21,24-29H2,1H3. The minimum absolute atomic E-state index is 0.250. The zero-order valence-corrected chi connectivity index (χ0v) is 23.9. The minimum atomic E-state index is 0.250. The first-order valence-corrected chi connectivity index (χ1v) is 15.5. The number of nitrogens with one attached hydrogen (secondary N) is 1. The quantitative estimate of drug-likeness (QED) is 0.0921. The summed E-state index contributed by atoms with van der Waals surface area (Å²) in [5.74, 6) is 0.907. The fraction of sp³-hybridized carbons (Fsp3) is 0.806. The molecule has 0 fully saturated rings. The average molecular weight is 508 g/mol. The van der Waals surface area contributed by atoms with Crippen LogP contribution in [0.5, 0.6) is 0 Å². The predicted octanol–water partition coefficient (Wildman–Crippen LogP) is 8.76. The average Bonchev–Trinajstić information content (AvgIpc) is 2.88. The van der Waals surface area contributed by atoms with E-state index in [4.69, 9.17) is 9.47 Å². The van der Waals surface area contributed by atoms with Gasteiger partial charge in [-0.2, -0.15) is 12.6 Å². The number of ether oxygens (including phenoxy) is 2. The lowest BCUT2D eigenvalue weighted by Gasteiger charge is -2.19. The summed E-state index contributed by atoms with van der Waals surface area (Å²) in [6.45, 7) is 6.18. The Bertz CT molecular complexity index is 528. The molecular weight excluding hydrogens is 450 g/mol. The lowest BCUT2D eigenvalue weighted by molar-refractivity contribution is 0.0480. The molecule has 0 bridgehead atoms. The Kier molecular flexibility index (Phi) is 24.6. The van der Waals surface area contributed by atoms with E-state index in [9.17, 15) is 0 Å². The Morgan fingerprint density at radius 1 is 0.657 bits per heavy atom. The SMILES string of the molecule is CCCCCCCCCCCCCCCCCCOCC(COCc1ccccc1)NCCCS. The lowest BCUT2D eigenvalue weighted by atomic mass is 10.0. The number of hydrogen-bond donors (Lipinski definition) is 2. The van der Waals surface area contributed by atoms with Crippen LogP contribution in [0.4, 0.5) is 0 Å². The second-order valence-electron chi connectivity index (χ2n) is 10.1. The highest BCUT2D eigenvalue weighted by Gasteiger charge is 2.09. The fourth-order valence-corrected chi connectivity index (χ4v) is 4.58. The van der Waals surface area contributed by atoms with Gasteiger partial charge in [-0.25, -0.2) is 0 Å². The smallest absolute Gasteiger partial charge is 0.0717 e. The third-order valence-electron chi connectivity index (χ3n) is 6.66. The van der Waals surface area contributed by atoms with Crippen LogP contribution in [0.1, 0.15) is 122 Å². The highest BCUT2D eigenvalue weighted by Crippen LogP contribution is 2.13. The molecule has 35 heavy (non-hydrogen) atoms. The first-order valence-electron chi connectivity index (χ1n) is 14.9. The maximum absolute atomic E-state index is 5.99. The van der Waals surface area contributed by atoms with Crippen LogP contribution in [0.15, 0.2) is 30.3 Å². The van der Waals surface area contributed by atoms with Crippen LogP contribution in [-0.4, -0.2) is 38.2 Å². The van der Waals surface area contributed by atoms with Gasteiger partial charge in [-0.3, -0.25) is 0 Å². The monoisotopic (exact) mass is 507 g/mol. The first-order chi connectivity index (χ1) is 17.4. The normalized spacial score (nSPS) is 12.3. The van der Waals surface area contributed by atoms with Crippen LogP contribution in [-0.2, 0) is 16.1 Å². The molecule has 0 radical (unpaired) electrons. The number of unbranched alkanes of at least 4 members (excludes halogenated alkanes) is 15. The van der Waals surface area contributed by atoms with E-state index in [-0.39, 0.29) is 6.04 Å². The maximum Gasteiger partial charge on any atom is 0.0717 e. The maximum atomic E-state index is 5.99. The van der Waals surface area contributed by atoms with Crippen molar-refractivity contribution in [3.63, 3.8) is 0 Å². The summed E-state index contributed by atoms with van der Waals surface area (Å²) >= 11 is 4.31. The fourth-order valence-electron chi connectivity index (χ4n) is 4.42. The van der Waals surface area contributed by atoms with Gasteiger partial charge in [0, 0.05) is 6.61 Å². The molecule has 1 aromatic rings. The van der Waals surface area contributed by atoms with E-state index in [0.29, 0.717) is 13.2 Å². The van der Waals surface area contributed by atoms with E-state index in [0.717, 1.165) is 31.9 Å². The van der Waals surface area contributed by atoms with Gasteiger partial charge in [-0.05, 0) is 30.7 Å². The summed E-state index contributed by atoms with van der Waals surface area (Å²) in [7, 11) is 0. The summed E-state index contributed by atoms with van der Waals surface area (Å²) in [4.78, 5) is 0. The Hall–Kier alpha value is -0.550. The highest BCUT2D eigenvalue weighted by molar-refractivity contribution is 7.80. The van der Waals surface area contributed by atoms with Crippen molar-refractivity contribution in [3.8, 4) is 0 Å². The summed E-state index contributed by atoms with van der Waals surface area (Å²) in [6, 6.07) is 10.6. The number of thiol groups is 1. The summed E-state index contributed by atoms with van der Waals surface area (Å²) in [6.07, 6.45) is 23.5. The van der Waals surface area contributed by atoms with Crippen molar-refractivity contribution in [2.75, 3.05) is 32.1 Å². The third kappa shape index (κ3) is 22.4. The first kappa shape index (κ1) is 32.5. The van der Waals surface area contributed by atoms with Crippen LogP contribution in [0.3, 0.4) is 0 Å². The molecule has 0 saturated carbocycles. The molecule has 0 saturated heterocycles. The van der Waals surface area contributed by atoms with E-state index >= 15 is 0 Å². The Morgan fingerprint density at radius 2 is 1.17 bits per heavy atom. The van der Waals surface area contributed by atoms with Gasteiger partial charge in [-0.1, -0.05) is 134 Å². The molecule has 4 heteroatoms. The number of hydrogen-bond acceptors (Lipinski definition) is 4. The van der Waals surface area contributed by atoms with Gasteiger partial charge in [0.1, 0.15) is 0 Å². The molecule has 0 heterocycles. The second kappa shape index (κ2) is 26.5. The van der Waals surface area contributed by atoms with E-state index in [1.807, 2.05) is 6.07 Å².